The van der Waals surface area contributed by atoms with Crippen molar-refractivity contribution in [2.24, 2.45) is 0 Å². The first kappa shape index (κ1) is 19.7. The summed E-state index contributed by atoms with van der Waals surface area (Å²) in [6.45, 7) is 6.16. The fourth-order valence-electron chi connectivity index (χ4n) is 3.90. The number of aryl methyl sites for hydroxylation is 1. The SMILES string of the molecule is Cc1nonc1CNCc1cc2ccc(F)cc2n(CCN2CCCCC2)c1=O. The predicted molar refractivity (Wildman–Crippen MR) is 108 cm³/mol. The van der Waals surface area contributed by atoms with Crippen molar-refractivity contribution in [2.75, 3.05) is 19.6 Å². The molecule has 0 unspecified atom stereocenters. The smallest absolute Gasteiger partial charge is 0.255 e. The summed E-state index contributed by atoms with van der Waals surface area (Å²) in [5.74, 6) is -0.330. The van der Waals surface area contributed by atoms with E-state index in [0.717, 1.165) is 36.4 Å². The van der Waals surface area contributed by atoms with E-state index in [4.69, 9.17) is 4.63 Å². The number of halogens is 1. The molecule has 1 saturated heterocycles. The average molecular weight is 399 g/mol. The molecule has 1 N–H and O–H groups in total. The van der Waals surface area contributed by atoms with Crippen LogP contribution in [0.1, 0.15) is 36.2 Å². The number of hydrogen-bond donors (Lipinski definition) is 1. The van der Waals surface area contributed by atoms with Crippen molar-refractivity contribution in [1.29, 1.82) is 0 Å². The Bertz CT molecular complexity index is 1040. The number of nitrogens with zero attached hydrogens (tertiary/aromatic N) is 4. The van der Waals surface area contributed by atoms with Gasteiger partial charge in [0.05, 0.1) is 5.52 Å². The van der Waals surface area contributed by atoms with Crippen LogP contribution in [-0.2, 0) is 19.6 Å². The molecule has 0 radical (unpaired) electrons. The van der Waals surface area contributed by atoms with E-state index in [1.807, 2.05) is 13.0 Å². The van der Waals surface area contributed by atoms with Crippen LogP contribution >= 0.6 is 0 Å². The molecule has 0 atom stereocenters. The van der Waals surface area contributed by atoms with Crippen LogP contribution in [0.25, 0.3) is 10.9 Å². The molecule has 2 aromatic heterocycles. The minimum absolute atomic E-state index is 0.0809. The molecule has 8 heteroatoms. The molecule has 154 valence electrons. The van der Waals surface area contributed by atoms with Gasteiger partial charge in [-0.2, -0.15) is 0 Å². The van der Waals surface area contributed by atoms with Crippen LogP contribution in [0.2, 0.25) is 0 Å². The highest BCUT2D eigenvalue weighted by molar-refractivity contribution is 5.79. The van der Waals surface area contributed by atoms with Gasteiger partial charge < -0.3 is 14.8 Å². The van der Waals surface area contributed by atoms with E-state index in [-0.39, 0.29) is 11.4 Å². The number of pyridine rings is 1. The number of rotatable bonds is 7. The normalized spacial score (nSPS) is 15.2. The highest BCUT2D eigenvalue weighted by Crippen LogP contribution is 2.16. The van der Waals surface area contributed by atoms with E-state index in [1.54, 1.807) is 10.6 Å². The lowest BCUT2D eigenvalue weighted by atomic mass is 10.1. The minimum atomic E-state index is -0.330. The summed E-state index contributed by atoms with van der Waals surface area (Å²) in [4.78, 5) is 15.5. The summed E-state index contributed by atoms with van der Waals surface area (Å²) in [5.41, 5.74) is 2.66. The van der Waals surface area contributed by atoms with Crippen LogP contribution in [-0.4, -0.2) is 39.4 Å². The Hall–Kier alpha value is -2.58. The van der Waals surface area contributed by atoms with Crippen molar-refractivity contribution >= 4 is 10.9 Å². The fraction of sp³-hybridized carbons (Fsp3) is 0.476. The molecule has 0 aliphatic carbocycles. The van der Waals surface area contributed by atoms with Gasteiger partial charge >= 0.3 is 0 Å². The largest absolute Gasteiger partial charge is 0.307 e. The van der Waals surface area contributed by atoms with Crippen molar-refractivity contribution < 1.29 is 9.02 Å². The van der Waals surface area contributed by atoms with Gasteiger partial charge in [-0.1, -0.05) is 16.7 Å². The third-order valence-electron chi connectivity index (χ3n) is 5.58. The Labute approximate surface area is 168 Å². The second-order valence-corrected chi connectivity index (χ2v) is 7.63. The Morgan fingerprint density at radius 3 is 2.69 bits per heavy atom. The third-order valence-corrected chi connectivity index (χ3v) is 5.58. The molecule has 3 aromatic rings. The fourth-order valence-corrected chi connectivity index (χ4v) is 3.90. The second kappa shape index (κ2) is 8.84. The van der Waals surface area contributed by atoms with Gasteiger partial charge in [0.15, 0.2) is 0 Å². The maximum atomic E-state index is 13.9. The molecular formula is C21H26FN5O2. The zero-order valence-corrected chi connectivity index (χ0v) is 16.7. The maximum Gasteiger partial charge on any atom is 0.255 e. The zero-order valence-electron chi connectivity index (χ0n) is 16.7. The number of benzene rings is 1. The van der Waals surface area contributed by atoms with Crippen LogP contribution < -0.4 is 10.9 Å². The van der Waals surface area contributed by atoms with Crippen LogP contribution in [0, 0.1) is 12.7 Å². The first-order valence-electron chi connectivity index (χ1n) is 10.1. The van der Waals surface area contributed by atoms with Gasteiger partial charge in [-0.15, -0.1) is 0 Å². The minimum Gasteiger partial charge on any atom is -0.307 e. The Balaban J connectivity index is 1.57. The van der Waals surface area contributed by atoms with Crippen molar-refractivity contribution in [3.05, 3.63) is 57.4 Å². The van der Waals surface area contributed by atoms with Gasteiger partial charge in [-0.25, -0.2) is 9.02 Å². The van der Waals surface area contributed by atoms with Crippen LogP contribution in [0.15, 0.2) is 33.7 Å². The van der Waals surface area contributed by atoms with Gasteiger partial charge in [0.25, 0.3) is 5.56 Å². The Morgan fingerprint density at radius 1 is 1.10 bits per heavy atom. The molecule has 1 aromatic carbocycles. The van der Waals surface area contributed by atoms with E-state index >= 15 is 0 Å². The van der Waals surface area contributed by atoms with Gasteiger partial charge in [0, 0.05) is 31.7 Å². The number of nitrogens with one attached hydrogen (secondary N) is 1. The lowest BCUT2D eigenvalue weighted by Crippen LogP contribution is -2.36. The molecule has 1 aliphatic heterocycles. The number of likely N-dealkylation sites (tertiary alicyclic amines) is 1. The molecule has 0 saturated carbocycles. The van der Waals surface area contributed by atoms with E-state index in [0.29, 0.717) is 30.7 Å². The summed E-state index contributed by atoms with van der Waals surface area (Å²) in [5, 5.41) is 11.7. The molecular weight excluding hydrogens is 373 g/mol. The maximum absolute atomic E-state index is 13.9. The molecule has 0 bridgehead atoms. The number of piperidine rings is 1. The quantitative estimate of drug-likeness (QED) is 0.658. The molecule has 29 heavy (non-hydrogen) atoms. The number of hydrogen-bond acceptors (Lipinski definition) is 6. The van der Waals surface area contributed by atoms with Crippen molar-refractivity contribution in [3.8, 4) is 0 Å². The standard InChI is InChI=1S/C21H26FN5O2/c1-15-19(25-29-24-15)14-23-13-17-11-16-5-6-18(22)12-20(16)27(21(17)28)10-9-26-7-3-2-4-8-26/h5-6,11-12,23H,2-4,7-10,13-14H2,1H3. The van der Waals surface area contributed by atoms with E-state index in [9.17, 15) is 9.18 Å². The van der Waals surface area contributed by atoms with Crippen LogP contribution in [0.5, 0.6) is 0 Å². The number of aromatic nitrogens is 3. The summed E-state index contributed by atoms with van der Waals surface area (Å²) >= 11 is 0. The van der Waals surface area contributed by atoms with Crippen molar-refractivity contribution in [1.82, 2.24) is 25.1 Å². The Kier molecular flexibility index (Phi) is 6.01. The molecule has 0 amide bonds. The first-order valence-corrected chi connectivity index (χ1v) is 10.1. The molecule has 1 fully saturated rings. The van der Waals surface area contributed by atoms with Crippen LogP contribution in [0.3, 0.4) is 0 Å². The summed E-state index contributed by atoms with van der Waals surface area (Å²) in [7, 11) is 0. The first-order chi connectivity index (χ1) is 14.1. The average Bonchev–Trinajstić information content (AvgIpc) is 3.14. The molecule has 1 aliphatic rings. The number of fused-ring (bicyclic) bond motifs is 1. The van der Waals surface area contributed by atoms with E-state index in [2.05, 4.69) is 20.5 Å². The third kappa shape index (κ3) is 4.54. The lowest BCUT2D eigenvalue weighted by molar-refractivity contribution is 0.221. The van der Waals surface area contributed by atoms with Gasteiger partial charge in [-0.3, -0.25) is 4.79 Å². The van der Waals surface area contributed by atoms with Crippen LogP contribution in [0.4, 0.5) is 4.39 Å². The molecule has 4 rings (SSSR count). The highest BCUT2D eigenvalue weighted by atomic mass is 19.1. The molecule has 0 spiro atoms. The van der Waals surface area contributed by atoms with E-state index in [1.165, 1.54) is 31.4 Å². The topological polar surface area (TPSA) is 76.2 Å². The van der Waals surface area contributed by atoms with Gasteiger partial charge in [0.1, 0.15) is 17.2 Å². The highest BCUT2D eigenvalue weighted by Gasteiger charge is 2.14. The monoisotopic (exact) mass is 399 g/mol. The summed E-state index contributed by atoms with van der Waals surface area (Å²) in [6.07, 6.45) is 3.67. The zero-order chi connectivity index (χ0) is 20.2. The predicted octanol–water partition coefficient (Wildman–Crippen LogP) is 2.61. The summed E-state index contributed by atoms with van der Waals surface area (Å²) < 4.78 is 20.3. The van der Waals surface area contributed by atoms with Gasteiger partial charge in [-0.05, 0) is 62.5 Å². The summed E-state index contributed by atoms with van der Waals surface area (Å²) in [6, 6.07) is 6.46. The molecule has 3 heterocycles. The van der Waals surface area contributed by atoms with Gasteiger partial charge in [0.2, 0.25) is 0 Å². The van der Waals surface area contributed by atoms with Crippen molar-refractivity contribution in [3.63, 3.8) is 0 Å². The van der Waals surface area contributed by atoms with Crippen molar-refractivity contribution in [2.45, 2.75) is 45.8 Å². The Morgan fingerprint density at radius 2 is 1.93 bits per heavy atom. The van der Waals surface area contributed by atoms with E-state index < -0.39 is 0 Å². The molecule has 7 nitrogen and oxygen atoms in total. The second-order valence-electron chi connectivity index (χ2n) is 7.63. The lowest BCUT2D eigenvalue weighted by Gasteiger charge is -2.27.